The number of aromatic amines is 1. The number of ether oxygens (including phenoxy) is 1. The van der Waals surface area contributed by atoms with Crippen LogP contribution in [-0.2, 0) is 9.84 Å². The summed E-state index contributed by atoms with van der Waals surface area (Å²) in [6, 6.07) is 18.2. The van der Waals surface area contributed by atoms with Gasteiger partial charge in [-0.15, -0.1) is 0 Å². The molecule has 1 aliphatic heterocycles. The highest BCUT2D eigenvalue weighted by atomic mass is 32.2. The Morgan fingerprint density at radius 3 is 2.61 bits per heavy atom. The molecule has 7 heteroatoms. The monoisotopic (exact) mass is 435 g/mol. The molecule has 4 aromatic rings. The first-order valence-electron chi connectivity index (χ1n) is 10.7. The van der Waals surface area contributed by atoms with E-state index in [9.17, 15) is 8.42 Å². The summed E-state index contributed by atoms with van der Waals surface area (Å²) in [5.41, 5.74) is 0.599. The van der Waals surface area contributed by atoms with E-state index in [2.05, 4.69) is 15.1 Å². The predicted octanol–water partition coefficient (Wildman–Crippen LogP) is 4.41. The molecular weight excluding hydrogens is 410 g/mol. The van der Waals surface area contributed by atoms with E-state index in [0.29, 0.717) is 28.6 Å². The summed E-state index contributed by atoms with van der Waals surface area (Å²) in [6.45, 7) is 3.70. The summed E-state index contributed by atoms with van der Waals surface area (Å²) in [6.07, 6.45) is 3.80. The second-order valence-corrected chi connectivity index (χ2v) is 9.82. The van der Waals surface area contributed by atoms with E-state index in [4.69, 9.17) is 4.74 Å². The van der Waals surface area contributed by atoms with Crippen LogP contribution in [0.15, 0.2) is 70.6 Å². The largest absolute Gasteiger partial charge is 0.492 e. The maximum atomic E-state index is 13.5. The van der Waals surface area contributed by atoms with Crippen LogP contribution in [0.5, 0.6) is 5.75 Å². The van der Waals surface area contributed by atoms with Crippen molar-refractivity contribution in [1.82, 2.24) is 15.1 Å². The van der Waals surface area contributed by atoms with Crippen molar-refractivity contribution >= 4 is 31.5 Å². The zero-order valence-electron chi connectivity index (χ0n) is 17.3. The van der Waals surface area contributed by atoms with E-state index < -0.39 is 9.84 Å². The predicted molar refractivity (Wildman–Crippen MR) is 121 cm³/mol. The van der Waals surface area contributed by atoms with Gasteiger partial charge in [-0.2, -0.15) is 5.10 Å². The number of aromatic nitrogens is 2. The minimum Gasteiger partial charge on any atom is -0.492 e. The molecule has 160 valence electrons. The highest BCUT2D eigenvalue weighted by molar-refractivity contribution is 7.91. The molecule has 1 fully saturated rings. The molecule has 1 saturated heterocycles. The number of nitrogens with zero attached hydrogens (tertiary/aromatic N) is 2. The number of sulfone groups is 1. The molecule has 0 amide bonds. The van der Waals surface area contributed by atoms with Crippen molar-refractivity contribution < 1.29 is 13.2 Å². The van der Waals surface area contributed by atoms with Crippen LogP contribution in [-0.4, -0.2) is 49.8 Å². The SMILES string of the molecule is O=S(=O)(c1cccc2ccccc12)c1[nH]nc2ccc(OCCN3CCCCC3)cc12. The van der Waals surface area contributed by atoms with Gasteiger partial charge in [-0.25, -0.2) is 8.42 Å². The first kappa shape index (κ1) is 20.0. The number of benzene rings is 3. The minimum atomic E-state index is -3.79. The van der Waals surface area contributed by atoms with Crippen LogP contribution in [0.3, 0.4) is 0 Å². The lowest BCUT2D eigenvalue weighted by Crippen LogP contribution is -2.33. The summed E-state index contributed by atoms with van der Waals surface area (Å²) in [5, 5.41) is 9.19. The van der Waals surface area contributed by atoms with Crippen LogP contribution >= 0.6 is 0 Å². The fourth-order valence-corrected chi connectivity index (χ4v) is 5.85. The molecule has 1 aromatic heterocycles. The van der Waals surface area contributed by atoms with Gasteiger partial charge < -0.3 is 4.74 Å². The Morgan fingerprint density at radius 1 is 0.935 bits per heavy atom. The quantitative estimate of drug-likeness (QED) is 0.485. The lowest BCUT2D eigenvalue weighted by molar-refractivity contribution is 0.183. The molecule has 0 radical (unpaired) electrons. The maximum absolute atomic E-state index is 13.5. The molecule has 31 heavy (non-hydrogen) atoms. The molecule has 1 N–H and O–H groups in total. The maximum Gasteiger partial charge on any atom is 0.224 e. The van der Waals surface area contributed by atoms with Gasteiger partial charge in [0.1, 0.15) is 12.4 Å². The topological polar surface area (TPSA) is 75.3 Å². The second kappa shape index (κ2) is 8.32. The average molecular weight is 436 g/mol. The Balaban J connectivity index is 1.45. The van der Waals surface area contributed by atoms with Gasteiger partial charge in [0.2, 0.25) is 9.84 Å². The molecule has 0 aliphatic carbocycles. The third kappa shape index (κ3) is 3.91. The Kier molecular flexibility index (Phi) is 5.38. The zero-order chi connectivity index (χ0) is 21.3. The molecule has 0 atom stereocenters. The number of hydrogen-bond donors (Lipinski definition) is 1. The molecule has 0 spiro atoms. The number of rotatable bonds is 6. The summed E-state index contributed by atoms with van der Waals surface area (Å²) in [4.78, 5) is 2.68. The van der Waals surface area contributed by atoms with E-state index in [0.717, 1.165) is 25.0 Å². The Hall–Kier alpha value is -2.90. The van der Waals surface area contributed by atoms with Gasteiger partial charge >= 0.3 is 0 Å². The normalized spacial score (nSPS) is 15.5. The van der Waals surface area contributed by atoms with E-state index in [1.54, 1.807) is 24.3 Å². The van der Waals surface area contributed by atoms with Gasteiger partial charge in [0.05, 0.1) is 10.4 Å². The van der Waals surface area contributed by atoms with Crippen molar-refractivity contribution in [3.63, 3.8) is 0 Å². The average Bonchev–Trinajstić information content (AvgIpc) is 3.23. The Labute approximate surface area is 181 Å². The van der Waals surface area contributed by atoms with Gasteiger partial charge in [-0.05, 0) is 55.6 Å². The fraction of sp³-hybridized carbons (Fsp3) is 0.292. The smallest absolute Gasteiger partial charge is 0.224 e. The number of piperidine rings is 1. The minimum absolute atomic E-state index is 0.0975. The highest BCUT2D eigenvalue weighted by Gasteiger charge is 2.25. The number of likely N-dealkylation sites (tertiary alicyclic amines) is 1. The lowest BCUT2D eigenvalue weighted by Gasteiger charge is -2.26. The van der Waals surface area contributed by atoms with Crippen molar-refractivity contribution in [2.75, 3.05) is 26.2 Å². The summed E-state index contributed by atoms with van der Waals surface area (Å²) in [5.74, 6) is 0.653. The highest BCUT2D eigenvalue weighted by Crippen LogP contribution is 2.32. The molecule has 0 saturated carbocycles. The summed E-state index contributed by atoms with van der Waals surface area (Å²) >= 11 is 0. The van der Waals surface area contributed by atoms with Crippen molar-refractivity contribution in [3.05, 3.63) is 60.7 Å². The number of hydrogen-bond acceptors (Lipinski definition) is 5. The standard InChI is InChI=1S/C24H25N3O3S/c28-31(29,23-10-6-8-18-7-2-3-9-20(18)23)24-21-17-19(11-12-22(21)25-26-24)30-16-15-27-13-4-1-5-14-27/h2-3,6-12,17H,1,4-5,13-16H2,(H,25,26). The van der Waals surface area contributed by atoms with E-state index >= 15 is 0 Å². The van der Waals surface area contributed by atoms with Gasteiger partial charge in [-0.3, -0.25) is 10.00 Å². The molecule has 6 nitrogen and oxygen atoms in total. The lowest BCUT2D eigenvalue weighted by atomic mass is 10.1. The van der Waals surface area contributed by atoms with Crippen LogP contribution in [0.25, 0.3) is 21.7 Å². The van der Waals surface area contributed by atoms with E-state index in [1.165, 1.54) is 19.3 Å². The third-order valence-corrected chi connectivity index (χ3v) is 7.71. The molecule has 5 rings (SSSR count). The van der Waals surface area contributed by atoms with E-state index in [-0.39, 0.29) is 9.92 Å². The molecule has 3 aromatic carbocycles. The van der Waals surface area contributed by atoms with Crippen LogP contribution in [0.2, 0.25) is 0 Å². The van der Waals surface area contributed by atoms with Crippen LogP contribution in [0.4, 0.5) is 0 Å². The van der Waals surface area contributed by atoms with Gasteiger partial charge in [-0.1, -0.05) is 42.8 Å². The fourth-order valence-electron chi connectivity index (χ4n) is 4.28. The number of fused-ring (bicyclic) bond motifs is 2. The van der Waals surface area contributed by atoms with Gasteiger partial charge in [0.15, 0.2) is 5.03 Å². The van der Waals surface area contributed by atoms with Crippen molar-refractivity contribution in [2.24, 2.45) is 0 Å². The van der Waals surface area contributed by atoms with Crippen molar-refractivity contribution in [3.8, 4) is 5.75 Å². The third-order valence-electron chi connectivity index (χ3n) is 5.92. The van der Waals surface area contributed by atoms with Gasteiger partial charge in [0.25, 0.3) is 0 Å². The Morgan fingerprint density at radius 2 is 1.74 bits per heavy atom. The molecule has 0 unspecified atom stereocenters. The molecule has 2 heterocycles. The zero-order valence-corrected chi connectivity index (χ0v) is 18.1. The second-order valence-electron chi connectivity index (χ2n) is 7.96. The molecular formula is C24H25N3O3S. The van der Waals surface area contributed by atoms with Crippen molar-refractivity contribution in [2.45, 2.75) is 29.2 Å². The van der Waals surface area contributed by atoms with Gasteiger partial charge in [0, 0.05) is 17.3 Å². The summed E-state index contributed by atoms with van der Waals surface area (Å²) < 4.78 is 33.0. The van der Waals surface area contributed by atoms with Crippen molar-refractivity contribution in [1.29, 1.82) is 0 Å². The summed E-state index contributed by atoms with van der Waals surface area (Å²) in [7, 11) is -3.79. The molecule has 0 bridgehead atoms. The van der Waals surface area contributed by atoms with Crippen LogP contribution < -0.4 is 4.74 Å². The molecule has 1 aliphatic rings. The number of nitrogens with one attached hydrogen (secondary N) is 1. The van der Waals surface area contributed by atoms with Crippen LogP contribution in [0, 0.1) is 0 Å². The number of H-pyrrole nitrogens is 1. The van der Waals surface area contributed by atoms with Crippen LogP contribution in [0.1, 0.15) is 19.3 Å². The Bertz CT molecular complexity index is 1320. The first-order chi connectivity index (χ1) is 15.1. The van der Waals surface area contributed by atoms with E-state index in [1.807, 2.05) is 36.4 Å². The first-order valence-corrected chi connectivity index (χ1v) is 12.2.